The molecular formula is C13H19BrN2O. The molecular weight excluding hydrogens is 280 g/mol. The number of H-pyrrole nitrogens is 1. The summed E-state index contributed by atoms with van der Waals surface area (Å²) in [5, 5.41) is 0. The molecule has 1 heterocycles. The Morgan fingerprint density at radius 3 is 2.65 bits per heavy atom. The van der Waals surface area contributed by atoms with Gasteiger partial charge in [-0.05, 0) is 47.0 Å². The van der Waals surface area contributed by atoms with Crippen LogP contribution in [0, 0.1) is 5.92 Å². The Morgan fingerprint density at radius 1 is 1.41 bits per heavy atom. The first-order valence-corrected chi connectivity index (χ1v) is 7.08. The number of hydrogen-bond donors (Lipinski definition) is 1. The third kappa shape index (κ3) is 2.62. The van der Waals surface area contributed by atoms with E-state index in [1.54, 1.807) is 0 Å². The zero-order chi connectivity index (χ0) is 12.6. The molecule has 0 saturated heterocycles. The SMILES string of the molecule is CC1CCC(c2nc(C(C)C)c(Br)c(=O)[nH]2)C1. The van der Waals surface area contributed by atoms with Crippen molar-refractivity contribution in [2.45, 2.75) is 51.9 Å². The normalized spacial score (nSPS) is 24.5. The van der Waals surface area contributed by atoms with Crippen LogP contribution in [0.2, 0.25) is 0 Å². The summed E-state index contributed by atoms with van der Waals surface area (Å²) in [5.41, 5.74) is 0.835. The van der Waals surface area contributed by atoms with Crippen LogP contribution in [0.3, 0.4) is 0 Å². The van der Waals surface area contributed by atoms with E-state index in [4.69, 9.17) is 0 Å². The van der Waals surface area contributed by atoms with Crippen molar-refractivity contribution in [1.82, 2.24) is 9.97 Å². The Balaban J connectivity index is 2.39. The summed E-state index contributed by atoms with van der Waals surface area (Å²) in [6.07, 6.45) is 3.52. The average molecular weight is 299 g/mol. The van der Waals surface area contributed by atoms with Gasteiger partial charge in [-0.3, -0.25) is 4.79 Å². The summed E-state index contributed by atoms with van der Waals surface area (Å²) in [6.45, 7) is 6.39. The third-order valence-electron chi connectivity index (χ3n) is 3.54. The predicted molar refractivity (Wildman–Crippen MR) is 72.4 cm³/mol. The quantitative estimate of drug-likeness (QED) is 0.907. The molecule has 0 aromatic carbocycles. The lowest BCUT2D eigenvalue weighted by atomic mass is 10.0. The molecule has 0 radical (unpaired) electrons. The lowest BCUT2D eigenvalue weighted by Crippen LogP contribution is -2.18. The second-order valence-electron chi connectivity index (χ2n) is 5.42. The fourth-order valence-electron chi connectivity index (χ4n) is 2.53. The molecule has 94 valence electrons. The maximum absolute atomic E-state index is 11.9. The van der Waals surface area contributed by atoms with E-state index in [1.807, 2.05) is 0 Å². The fraction of sp³-hybridized carbons (Fsp3) is 0.692. The van der Waals surface area contributed by atoms with Crippen LogP contribution >= 0.6 is 15.9 Å². The highest BCUT2D eigenvalue weighted by molar-refractivity contribution is 9.10. The minimum atomic E-state index is -0.0433. The van der Waals surface area contributed by atoms with Crippen LogP contribution in [0.5, 0.6) is 0 Å². The highest BCUT2D eigenvalue weighted by atomic mass is 79.9. The molecule has 1 N–H and O–H groups in total. The van der Waals surface area contributed by atoms with E-state index in [2.05, 4.69) is 46.7 Å². The summed E-state index contributed by atoms with van der Waals surface area (Å²) in [7, 11) is 0. The monoisotopic (exact) mass is 298 g/mol. The fourth-order valence-corrected chi connectivity index (χ4v) is 3.17. The van der Waals surface area contributed by atoms with E-state index >= 15 is 0 Å². The van der Waals surface area contributed by atoms with Crippen LogP contribution in [-0.2, 0) is 0 Å². The maximum Gasteiger partial charge on any atom is 0.265 e. The minimum absolute atomic E-state index is 0.0433. The lowest BCUT2D eigenvalue weighted by molar-refractivity contribution is 0.580. The summed E-state index contributed by atoms with van der Waals surface area (Å²) >= 11 is 3.33. The molecule has 17 heavy (non-hydrogen) atoms. The van der Waals surface area contributed by atoms with Crippen LogP contribution in [0.15, 0.2) is 9.27 Å². The first-order chi connectivity index (χ1) is 7.99. The van der Waals surface area contributed by atoms with Gasteiger partial charge in [-0.1, -0.05) is 20.8 Å². The van der Waals surface area contributed by atoms with Gasteiger partial charge < -0.3 is 4.98 Å². The zero-order valence-corrected chi connectivity index (χ0v) is 12.2. The van der Waals surface area contributed by atoms with Gasteiger partial charge in [-0.25, -0.2) is 4.98 Å². The molecule has 1 aliphatic carbocycles. The molecule has 2 rings (SSSR count). The molecule has 1 fully saturated rings. The van der Waals surface area contributed by atoms with Crippen molar-refractivity contribution >= 4 is 15.9 Å². The van der Waals surface area contributed by atoms with Crippen molar-refractivity contribution in [3.63, 3.8) is 0 Å². The number of aromatic amines is 1. The summed E-state index contributed by atoms with van der Waals surface area (Å²) in [4.78, 5) is 19.4. The predicted octanol–water partition coefficient (Wildman–Crippen LogP) is 3.56. The third-order valence-corrected chi connectivity index (χ3v) is 4.30. The van der Waals surface area contributed by atoms with Gasteiger partial charge in [-0.2, -0.15) is 0 Å². The Labute approximate surface area is 110 Å². The van der Waals surface area contributed by atoms with Gasteiger partial charge in [0.25, 0.3) is 5.56 Å². The van der Waals surface area contributed by atoms with Crippen LogP contribution in [0.4, 0.5) is 0 Å². The van der Waals surface area contributed by atoms with E-state index in [1.165, 1.54) is 6.42 Å². The van der Waals surface area contributed by atoms with Gasteiger partial charge >= 0.3 is 0 Å². The molecule has 1 saturated carbocycles. The van der Waals surface area contributed by atoms with Crippen LogP contribution < -0.4 is 5.56 Å². The van der Waals surface area contributed by atoms with Crippen LogP contribution in [0.25, 0.3) is 0 Å². The van der Waals surface area contributed by atoms with Gasteiger partial charge in [0.15, 0.2) is 0 Å². The van der Waals surface area contributed by atoms with Crippen molar-refractivity contribution in [3.8, 4) is 0 Å². The summed E-state index contributed by atoms with van der Waals surface area (Å²) < 4.78 is 0.585. The molecule has 0 bridgehead atoms. The smallest absolute Gasteiger partial charge is 0.265 e. The molecule has 4 heteroatoms. The first kappa shape index (κ1) is 12.8. The van der Waals surface area contributed by atoms with E-state index in [-0.39, 0.29) is 11.5 Å². The minimum Gasteiger partial charge on any atom is -0.309 e. The van der Waals surface area contributed by atoms with Gasteiger partial charge in [-0.15, -0.1) is 0 Å². The van der Waals surface area contributed by atoms with Crippen molar-refractivity contribution in [2.75, 3.05) is 0 Å². The molecule has 1 aromatic rings. The average Bonchev–Trinajstić information content (AvgIpc) is 2.68. The standard InChI is InChI=1S/C13H19BrN2O/c1-7(2)11-10(14)13(17)16-12(15-11)9-5-4-8(3)6-9/h7-9H,4-6H2,1-3H3,(H,15,16,17). The second kappa shape index (κ2) is 4.92. The summed E-state index contributed by atoms with van der Waals surface area (Å²) in [5.74, 6) is 2.33. The number of hydrogen-bond acceptors (Lipinski definition) is 2. The number of halogens is 1. The molecule has 2 unspecified atom stereocenters. The van der Waals surface area contributed by atoms with Crippen molar-refractivity contribution in [2.24, 2.45) is 5.92 Å². The van der Waals surface area contributed by atoms with E-state index in [9.17, 15) is 4.79 Å². The van der Waals surface area contributed by atoms with Crippen LogP contribution in [0.1, 0.15) is 63.4 Å². The lowest BCUT2D eigenvalue weighted by Gasteiger charge is -2.13. The molecule has 1 aliphatic rings. The van der Waals surface area contributed by atoms with E-state index in [0.717, 1.165) is 30.3 Å². The number of aromatic nitrogens is 2. The molecule has 1 aromatic heterocycles. The highest BCUT2D eigenvalue weighted by Gasteiger charge is 2.26. The molecule has 0 aliphatic heterocycles. The van der Waals surface area contributed by atoms with Crippen molar-refractivity contribution in [1.29, 1.82) is 0 Å². The number of nitrogens with one attached hydrogen (secondary N) is 1. The van der Waals surface area contributed by atoms with E-state index in [0.29, 0.717) is 10.4 Å². The van der Waals surface area contributed by atoms with Crippen LogP contribution in [-0.4, -0.2) is 9.97 Å². The Bertz CT molecular complexity index is 467. The zero-order valence-electron chi connectivity index (χ0n) is 10.6. The van der Waals surface area contributed by atoms with Gasteiger partial charge in [0, 0.05) is 5.92 Å². The van der Waals surface area contributed by atoms with Crippen molar-refractivity contribution < 1.29 is 0 Å². The second-order valence-corrected chi connectivity index (χ2v) is 6.21. The number of nitrogens with zero attached hydrogens (tertiary/aromatic N) is 1. The first-order valence-electron chi connectivity index (χ1n) is 6.28. The molecule has 3 nitrogen and oxygen atoms in total. The van der Waals surface area contributed by atoms with Gasteiger partial charge in [0.05, 0.1) is 5.69 Å². The molecule has 2 atom stereocenters. The highest BCUT2D eigenvalue weighted by Crippen LogP contribution is 2.36. The largest absolute Gasteiger partial charge is 0.309 e. The Kier molecular flexibility index (Phi) is 3.71. The molecule has 0 amide bonds. The molecule has 0 spiro atoms. The van der Waals surface area contributed by atoms with Gasteiger partial charge in [0.1, 0.15) is 10.3 Å². The van der Waals surface area contributed by atoms with E-state index < -0.39 is 0 Å². The Hall–Kier alpha value is -0.640. The number of rotatable bonds is 2. The topological polar surface area (TPSA) is 45.8 Å². The van der Waals surface area contributed by atoms with Crippen molar-refractivity contribution in [3.05, 3.63) is 26.3 Å². The van der Waals surface area contributed by atoms with Gasteiger partial charge in [0.2, 0.25) is 0 Å². The summed E-state index contributed by atoms with van der Waals surface area (Å²) in [6, 6.07) is 0. The maximum atomic E-state index is 11.9. The Morgan fingerprint density at radius 2 is 2.12 bits per heavy atom.